The lowest BCUT2D eigenvalue weighted by Gasteiger charge is -2.24. The third kappa shape index (κ3) is 3.55. The quantitative estimate of drug-likeness (QED) is 0.801. The van der Waals surface area contributed by atoms with E-state index < -0.39 is 5.82 Å². The monoisotopic (exact) mass is 315 g/mol. The Morgan fingerprint density at radius 3 is 2.67 bits per heavy atom. The van der Waals surface area contributed by atoms with Crippen molar-refractivity contribution in [3.8, 4) is 0 Å². The normalized spacial score (nSPS) is 12.3. The highest BCUT2D eigenvalue weighted by molar-refractivity contribution is 9.10. The third-order valence-electron chi connectivity index (χ3n) is 3.08. The molecule has 0 aliphatic rings. The van der Waals surface area contributed by atoms with Crippen LogP contribution in [0.25, 0.3) is 0 Å². The van der Waals surface area contributed by atoms with E-state index in [1.54, 1.807) is 17.0 Å². The zero-order valence-electron chi connectivity index (χ0n) is 11.0. The molecule has 0 heterocycles. The number of hydrogen-bond donors (Lipinski definition) is 0. The van der Waals surface area contributed by atoms with Crippen LogP contribution in [-0.4, -0.2) is 23.9 Å². The van der Waals surface area contributed by atoms with Crippen molar-refractivity contribution in [1.29, 1.82) is 0 Å². The summed E-state index contributed by atoms with van der Waals surface area (Å²) in [5, 5.41) is 0. The Balaban J connectivity index is 2.93. The van der Waals surface area contributed by atoms with Crippen LogP contribution >= 0.6 is 15.9 Å². The largest absolute Gasteiger partial charge is 0.339 e. The van der Waals surface area contributed by atoms with E-state index in [4.69, 9.17) is 0 Å². The second-order valence-electron chi connectivity index (χ2n) is 4.46. The van der Waals surface area contributed by atoms with Crippen molar-refractivity contribution >= 4 is 21.8 Å². The fraction of sp³-hybridized carbons (Fsp3) is 0.500. The standard InChI is InChI=1S/C14H19BrFNO/c1-4-10(3)9-17(5-2)14(18)11-7-6-8-12(15)13(11)16/h6-8,10H,4-5,9H2,1-3H3. The number of rotatable bonds is 5. The topological polar surface area (TPSA) is 20.3 Å². The summed E-state index contributed by atoms with van der Waals surface area (Å²) in [6.07, 6.45) is 1.00. The molecule has 0 aliphatic heterocycles. The summed E-state index contributed by atoms with van der Waals surface area (Å²) < 4.78 is 14.2. The highest BCUT2D eigenvalue weighted by atomic mass is 79.9. The minimum absolute atomic E-state index is 0.134. The average molecular weight is 316 g/mol. The molecule has 0 N–H and O–H groups in total. The number of halogens is 2. The van der Waals surface area contributed by atoms with Gasteiger partial charge < -0.3 is 4.90 Å². The van der Waals surface area contributed by atoms with Crippen LogP contribution in [0.2, 0.25) is 0 Å². The van der Waals surface area contributed by atoms with Crippen LogP contribution in [-0.2, 0) is 0 Å². The molecule has 0 aliphatic carbocycles. The second-order valence-corrected chi connectivity index (χ2v) is 5.31. The Labute approximate surface area is 116 Å². The van der Waals surface area contributed by atoms with Crippen LogP contribution < -0.4 is 0 Å². The van der Waals surface area contributed by atoms with Crippen LogP contribution in [0.1, 0.15) is 37.6 Å². The molecule has 1 unspecified atom stereocenters. The number of amides is 1. The maximum absolute atomic E-state index is 13.9. The molecule has 0 fully saturated rings. The van der Waals surface area contributed by atoms with Gasteiger partial charge in [-0.15, -0.1) is 0 Å². The molecule has 1 rings (SSSR count). The fourth-order valence-corrected chi connectivity index (χ4v) is 2.07. The van der Waals surface area contributed by atoms with Gasteiger partial charge in [-0.3, -0.25) is 4.79 Å². The summed E-state index contributed by atoms with van der Waals surface area (Å²) in [6.45, 7) is 7.35. The van der Waals surface area contributed by atoms with Crippen LogP contribution in [0, 0.1) is 11.7 Å². The van der Waals surface area contributed by atoms with E-state index in [0.717, 1.165) is 6.42 Å². The van der Waals surface area contributed by atoms with Crippen molar-refractivity contribution in [2.24, 2.45) is 5.92 Å². The molecule has 100 valence electrons. The Kier molecular flexibility index (Phi) is 5.79. The zero-order valence-corrected chi connectivity index (χ0v) is 12.6. The minimum Gasteiger partial charge on any atom is -0.339 e. The van der Waals surface area contributed by atoms with E-state index in [1.165, 1.54) is 6.07 Å². The maximum Gasteiger partial charge on any atom is 0.256 e. The molecule has 0 saturated carbocycles. The molecule has 0 aromatic heterocycles. The van der Waals surface area contributed by atoms with Gasteiger partial charge in [0.15, 0.2) is 0 Å². The summed E-state index contributed by atoms with van der Waals surface area (Å²) in [6, 6.07) is 4.80. The number of hydrogen-bond acceptors (Lipinski definition) is 1. The van der Waals surface area contributed by atoms with Gasteiger partial charge in [0, 0.05) is 13.1 Å². The van der Waals surface area contributed by atoms with Gasteiger partial charge in [0.05, 0.1) is 10.0 Å². The van der Waals surface area contributed by atoms with Crippen molar-refractivity contribution < 1.29 is 9.18 Å². The van der Waals surface area contributed by atoms with E-state index >= 15 is 0 Å². The fourth-order valence-electron chi connectivity index (χ4n) is 1.70. The number of carbonyl (C=O) groups is 1. The van der Waals surface area contributed by atoms with Crippen molar-refractivity contribution in [2.75, 3.05) is 13.1 Å². The number of benzene rings is 1. The molecule has 0 saturated heterocycles. The van der Waals surface area contributed by atoms with Gasteiger partial charge in [0.1, 0.15) is 5.82 Å². The summed E-state index contributed by atoms with van der Waals surface area (Å²) in [4.78, 5) is 14.0. The van der Waals surface area contributed by atoms with Crippen molar-refractivity contribution in [1.82, 2.24) is 4.90 Å². The SMILES string of the molecule is CCC(C)CN(CC)C(=O)c1cccc(Br)c1F. The maximum atomic E-state index is 13.9. The van der Waals surface area contributed by atoms with Gasteiger partial charge in [-0.2, -0.15) is 0 Å². The van der Waals surface area contributed by atoms with Gasteiger partial charge in [-0.05, 0) is 40.9 Å². The first-order valence-electron chi connectivity index (χ1n) is 6.24. The molecule has 0 bridgehead atoms. The average Bonchev–Trinajstić information content (AvgIpc) is 2.38. The highest BCUT2D eigenvalue weighted by Crippen LogP contribution is 2.20. The van der Waals surface area contributed by atoms with Crippen LogP contribution in [0.5, 0.6) is 0 Å². The molecular formula is C14H19BrFNO. The van der Waals surface area contributed by atoms with Gasteiger partial charge in [0.25, 0.3) is 5.91 Å². The smallest absolute Gasteiger partial charge is 0.256 e. The van der Waals surface area contributed by atoms with Gasteiger partial charge in [0.2, 0.25) is 0 Å². The van der Waals surface area contributed by atoms with Crippen LogP contribution in [0.3, 0.4) is 0 Å². The summed E-state index contributed by atoms with van der Waals surface area (Å²) in [5.41, 5.74) is 0.134. The summed E-state index contributed by atoms with van der Waals surface area (Å²) in [5.74, 6) is -0.300. The lowest BCUT2D eigenvalue weighted by molar-refractivity contribution is 0.0736. The van der Waals surface area contributed by atoms with Crippen molar-refractivity contribution in [2.45, 2.75) is 27.2 Å². The predicted octanol–water partition coefficient (Wildman–Crippen LogP) is 4.10. The van der Waals surface area contributed by atoms with Crippen molar-refractivity contribution in [3.05, 3.63) is 34.1 Å². The lowest BCUT2D eigenvalue weighted by atomic mass is 10.1. The Morgan fingerprint density at radius 2 is 2.11 bits per heavy atom. The van der Waals surface area contributed by atoms with E-state index in [9.17, 15) is 9.18 Å². The van der Waals surface area contributed by atoms with E-state index in [2.05, 4.69) is 29.8 Å². The first kappa shape index (κ1) is 15.2. The summed E-state index contributed by atoms with van der Waals surface area (Å²) in [7, 11) is 0. The molecule has 18 heavy (non-hydrogen) atoms. The van der Waals surface area contributed by atoms with Crippen LogP contribution in [0.4, 0.5) is 4.39 Å². The molecule has 2 nitrogen and oxygen atoms in total. The van der Waals surface area contributed by atoms with Crippen LogP contribution in [0.15, 0.2) is 22.7 Å². The Morgan fingerprint density at radius 1 is 1.44 bits per heavy atom. The molecule has 1 aromatic carbocycles. The van der Waals surface area contributed by atoms with E-state index in [-0.39, 0.29) is 11.5 Å². The minimum atomic E-state index is -0.481. The molecular weight excluding hydrogens is 297 g/mol. The first-order valence-corrected chi connectivity index (χ1v) is 7.03. The second kappa shape index (κ2) is 6.88. The predicted molar refractivity (Wildman–Crippen MR) is 75.1 cm³/mol. The van der Waals surface area contributed by atoms with E-state index in [1.807, 2.05) is 6.92 Å². The molecule has 1 aromatic rings. The lowest BCUT2D eigenvalue weighted by Crippen LogP contribution is -2.35. The number of nitrogens with zero attached hydrogens (tertiary/aromatic N) is 1. The van der Waals surface area contributed by atoms with Gasteiger partial charge in [-0.25, -0.2) is 4.39 Å². The summed E-state index contributed by atoms with van der Waals surface area (Å²) >= 11 is 3.10. The molecule has 1 amide bonds. The zero-order chi connectivity index (χ0) is 13.7. The van der Waals surface area contributed by atoms with E-state index in [0.29, 0.717) is 23.5 Å². The van der Waals surface area contributed by atoms with Gasteiger partial charge in [-0.1, -0.05) is 26.3 Å². The Hall–Kier alpha value is -0.900. The first-order chi connectivity index (χ1) is 8.51. The molecule has 0 spiro atoms. The Bertz CT molecular complexity index is 422. The van der Waals surface area contributed by atoms with Crippen molar-refractivity contribution in [3.63, 3.8) is 0 Å². The molecule has 0 radical (unpaired) electrons. The highest BCUT2D eigenvalue weighted by Gasteiger charge is 2.20. The molecule has 4 heteroatoms. The number of carbonyl (C=O) groups excluding carboxylic acids is 1. The molecule has 1 atom stereocenters. The third-order valence-corrected chi connectivity index (χ3v) is 3.69. The van der Waals surface area contributed by atoms with Gasteiger partial charge >= 0.3 is 0 Å².